The van der Waals surface area contributed by atoms with Gasteiger partial charge in [-0.2, -0.15) is 0 Å². The van der Waals surface area contributed by atoms with E-state index in [2.05, 4.69) is 24.8 Å². The van der Waals surface area contributed by atoms with E-state index in [1.807, 2.05) is 13.1 Å². The molecule has 0 fully saturated rings. The first-order valence-corrected chi connectivity index (χ1v) is 7.07. The molecule has 2 aromatic rings. The highest BCUT2D eigenvalue weighted by atomic mass is 35.5. The lowest BCUT2D eigenvalue weighted by molar-refractivity contribution is 0.240. The summed E-state index contributed by atoms with van der Waals surface area (Å²) < 4.78 is 0. The van der Waals surface area contributed by atoms with Crippen LogP contribution < -0.4 is 0 Å². The minimum atomic E-state index is 0.412. The third kappa shape index (κ3) is 2.75. The molecule has 5 nitrogen and oxygen atoms in total. The van der Waals surface area contributed by atoms with Crippen LogP contribution in [0.1, 0.15) is 22.6 Å². The Morgan fingerprint density at radius 2 is 1.95 bits per heavy atom. The van der Waals surface area contributed by atoms with Crippen molar-refractivity contribution in [2.45, 2.75) is 26.4 Å². The molecule has 0 aromatic carbocycles. The van der Waals surface area contributed by atoms with E-state index in [9.17, 15) is 0 Å². The number of halogens is 2. The fraction of sp³-hybridized carbons (Fsp3) is 0.385. The molecule has 1 aliphatic rings. The minimum Gasteiger partial charge on any atom is -0.293 e. The Labute approximate surface area is 127 Å². The Balaban J connectivity index is 1.81. The summed E-state index contributed by atoms with van der Waals surface area (Å²) in [5.74, 6) is 0.796. The second-order valence-electron chi connectivity index (χ2n) is 4.78. The fourth-order valence-electron chi connectivity index (χ4n) is 2.32. The Morgan fingerprint density at radius 1 is 1.20 bits per heavy atom. The molecule has 0 radical (unpaired) electrons. The number of aromatic nitrogens is 4. The van der Waals surface area contributed by atoms with Gasteiger partial charge in [0.25, 0.3) is 0 Å². The van der Waals surface area contributed by atoms with Crippen molar-refractivity contribution in [3.8, 4) is 0 Å². The van der Waals surface area contributed by atoms with Crippen molar-refractivity contribution in [2.24, 2.45) is 0 Å². The summed E-state index contributed by atoms with van der Waals surface area (Å²) >= 11 is 12.2. The predicted octanol–water partition coefficient (Wildman–Crippen LogP) is 2.44. The molecule has 0 saturated carbocycles. The largest absolute Gasteiger partial charge is 0.293 e. The van der Waals surface area contributed by atoms with Crippen molar-refractivity contribution in [1.29, 1.82) is 0 Å². The molecule has 0 unspecified atom stereocenters. The van der Waals surface area contributed by atoms with Gasteiger partial charge in [0.2, 0.25) is 0 Å². The molecule has 0 amide bonds. The predicted molar refractivity (Wildman–Crippen MR) is 76.6 cm³/mol. The van der Waals surface area contributed by atoms with Crippen LogP contribution >= 0.6 is 23.2 Å². The number of fused-ring (bicyclic) bond motifs is 1. The molecule has 0 aliphatic carbocycles. The molecular weight excluding hydrogens is 297 g/mol. The first-order chi connectivity index (χ1) is 9.63. The van der Waals surface area contributed by atoms with Crippen LogP contribution in [0.2, 0.25) is 10.3 Å². The van der Waals surface area contributed by atoms with Gasteiger partial charge in [0.15, 0.2) is 0 Å². The van der Waals surface area contributed by atoms with Crippen molar-refractivity contribution in [3.05, 3.63) is 45.5 Å². The van der Waals surface area contributed by atoms with Crippen LogP contribution in [0.5, 0.6) is 0 Å². The van der Waals surface area contributed by atoms with Crippen LogP contribution in [0.3, 0.4) is 0 Å². The summed E-state index contributed by atoms with van der Waals surface area (Å²) in [5.41, 5.74) is 3.06. The van der Waals surface area contributed by atoms with E-state index >= 15 is 0 Å². The van der Waals surface area contributed by atoms with Crippen molar-refractivity contribution in [1.82, 2.24) is 24.8 Å². The first kappa shape index (κ1) is 13.7. The van der Waals surface area contributed by atoms with Crippen LogP contribution in [-0.2, 0) is 19.5 Å². The lowest BCUT2D eigenvalue weighted by atomic mass is 10.1. The SMILES string of the molecule is Cc1ncc2c(n1)CN(Cc1c(Cl)ncnc1Cl)CC2. The van der Waals surface area contributed by atoms with Gasteiger partial charge in [0.05, 0.1) is 5.69 Å². The Kier molecular flexibility index (Phi) is 3.83. The maximum Gasteiger partial charge on any atom is 0.138 e. The quantitative estimate of drug-likeness (QED) is 0.798. The van der Waals surface area contributed by atoms with Gasteiger partial charge in [-0.15, -0.1) is 0 Å². The second kappa shape index (κ2) is 5.60. The Bertz CT molecular complexity index is 626. The summed E-state index contributed by atoms with van der Waals surface area (Å²) in [5, 5.41) is 0.823. The van der Waals surface area contributed by atoms with E-state index < -0.39 is 0 Å². The lowest BCUT2D eigenvalue weighted by Gasteiger charge is -2.28. The van der Waals surface area contributed by atoms with Crippen molar-refractivity contribution >= 4 is 23.2 Å². The van der Waals surface area contributed by atoms with Gasteiger partial charge in [-0.3, -0.25) is 4.90 Å². The Hall–Kier alpha value is -1.30. The molecule has 0 bridgehead atoms. The summed E-state index contributed by atoms with van der Waals surface area (Å²) in [7, 11) is 0. The topological polar surface area (TPSA) is 54.8 Å². The third-order valence-electron chi connectivity index (χ3n) is 3.37. The molecule has 3 rings (SSSR count). The molecule has 104 valence electrons. The smallest absolute Gasteiger partial charge is 0.138 e. The number of hydrogen-bond donors (Lipinski definition) is 0. The van der Waals surface area contributed by atoms with Gasteiger partial charge in [0, 0.05) is 31.4 Å². The minimum absolute atomic E-state index is 0.412. The van der Waals surface area contributed by atoms with Gasteiger partial charge in [-0.1, -0.05) is 23.2 Å². The maximum absolute atomic E-state index is 6.09. The zero-order valence-corrected chi connectivity index (χ0v) is 12.5. The highest BCUT2D eigenvalue weighted by molar-refractivity contribution is 6.34. The molecule has 0 N–H and O–H groups in total. The molecule has 1 aliphatic heterocycles. The molecule has 3 heterocycles. The van der Waals surface area contributed by atoms with Crippen molar-refractivity contribution < 1.29 is 0 Å². The van der Waals surface area contributed by atoms with Crippen molar-refractivity contribution in [2.75, 3.05) is 6.54 Å². The van der Waals surface area contributed by atoms with E-state index in [1.165, 1.54) is 11.9 Å². The number of hydrogen-bond acceptors (Lipinski definition) is 5. The van der Waals surface area contributed by atoms with Gasteiger partial charge in [-0.25, -0.2) is 19.9 Å². The molecule has 20 heavy (non-hydrogen) atoms. The second-order valence-corrected chi connectivity index (χ2v) is 5.50. The summed E-state index contributed by atoms with van der Waals surface area (Å²) in [6.45, 7) is 4.21. The molecule has 0 spiro atoms. The van der Waals surface area contributed by atoms with E-state index in [0.717, 1.165) is 36.6 Å². The standard InChI is InChI=1S/C13H13Cl2N5/c1-8-16-4-9-2-3-20(6-11(9)19-8)5-10-12(14)17-7-18-13(10)15/h4,7H,2-3,5-6H2,1H3. The van der Waals surface area contributed by atoms with Crippen molar-refractivity contribution in [3.63, 3.8) is 0 Å². The highest BCUT2D eigenvalue weighted by Crippen LogP contribution is 2.24. The third-order valence-corrected chi connectivity index (χ3v) is 4.02. The van der Waals surface area contributed by atoms with Gasteiger partial charge in [-0.05, 0) is 18.9 Å². The number of nitrogens with zero attached hydrogens (tertiary/aromatic N) is 5. The summed E-state index contributed by atoms with van der Waals surface area (Å²) in [6.07, 6.45) is 4.22. The van der Waals surface area contributed by atoms with Crippen LogP contribution in [0.4, 0.5) is 0 Å². The summed E-state index contributed by atoms with van der Waals surface area (Å²) in [6, 6.07) is 0. The lowest BCUT2D eigenvalue weighted by Crippen LogP contribution is -2.31. The normalized spacial score (nSPS) is 15.2. The van der Waals surface area contributed by atoms with Gasteiger partial charge in [0.1, 0.15) is 22.5 Å². The molecule has 7 heteroatoms. The highest BCUT2D eigenvalue weighted by Gasteiger charge is 2.20. The maximum atomic E-state index is 6.09. The molecular formula is C13H13Cl2N5. The average Bonchev–Trinajstić information content (AvgIpc) is 2.42. The Morgan fingerprint density at radius 3 is 2.70 bits per heavy atom. The zero-order chi connectivity index (χ0) is 14.1. The molecule has 0 atom stereocenters. The first-order valence-electron chi connectivity index (χ1n) is 6.32. The van der Waals surface area contributed by atoms with Crippen LogP contribution in [0.25, 0.3) is 0 Å². The zero-order valence-electron chi connectivity index (χ0n) is 11.0. The van der Waals surface area contributed by atoms with Crippen LogP contribution in [-0.4, -0.2) is 31.4 Å². The number of rotatable bonds is 2. The monoisotopic (exact) mass is 309 g/mol. The van der Waals surface area contributed by atoms with Gasteiger partial charge >= 0.3 is 0 Å². The van der Waals surface area contributed by atoms with Gasteiger partial charge < -0.3 is 0 Å². The van der Waals surface area contributed by atoms with E-state index in [0.29, 0.717) is 16.9 Å². The van der Waals surface area contributed by atoms with E-state index in [1.54, 1.807) is 0 Å². The fourth-order valence-corrected chi connectivity index (χ4v) is 2.75. The van der Waals surface area contributed by atoms with E-state index in [4.69, 9.17) is 23.2 Å². The van der Waals surface area contributed by atoms with E-state index in [-0.39, 0.29) is 0 Å². The molecule has 2 aromatic heterocycles. The average molecular weight is 310 g/mol. The summed E-state index contributed by atoms with van der Waals surface area (Å²) in [4.78, 5) is 18.9. The number of aryl methyl sites for hydroxylation is 1. The van der Waals surface area contributed by atoms with Crippen LogP contribution in [0.15, 0.2) is 12.5 Å². The molecule has 0 saturated heterocycles. The van der Waals surface area contributed by atoms with Crippen LogP contribution in [0, 0.1) is 6.92 Å².